The SMILES string of the molecule is Cc1cccc(C(=O)Nc2ncn(Cc3cccc(C(F)(F)F)c3)n2)c1. The van der Waals surface area contributed by atoms with Crippen LogP contribution >= 0.6 is 0 Å². The van der Waals surface area contributed by atoms with Gasteiger partial charge in [-0.2, -0.15) is 13.2 Å². The maximum Gasteiger partial charge on any atom is 0.416 e. The van der Waals surface area contributed by atoms with Crippen LogP contribution < -0.4 is 5.32 Å². The van der Waals surface area contributed by atoms with Crippen molar-refractivity contribution in [1.29, 1.82) is 0 Å². The van der Waals surface area contributed by atoms with Crippen LogP contribution in [0.1, 0.15) is 27.0 Å². The third-order valence-corrected chi connectivity index (χ3v) is 3.64. The lowest BCUT2D eigenvalue weighted by molar-refractivity contribution is -0.137. The van der Waals surface area contributed by atoms with Crippen molar-refractivity contribution in [2.24, 2.45) is 0 Å². The number of aryl methyl sites for hydroxylation is 1. The molecule has 1 N–H and O–H groups in total. The number of alkyl halides is 3. The maximum atomic E-state index is 12.8. The molecule has 1 amide bonds. The smallest absolute Gasteiger partial charge is 0.289 e. The normalized spacial score (nSPS) is 11.4. The average molecular weight is 360 g/mol. The van der Waals surface area contributed by atoms with Crippen molar-refractivity contribution in [3.63, 3.8) is 0 Å². The minimum atomic E-state index is -4.40. The molecule has 0 bridgehead atoms. The molecule has 0 aliphatic rings. The Labute approximate surface area is 147 Å². The number of carbonyl (C=O) groups is 1. The van der Waals surface area contributed by atoms with Gasteiger partial charge in [-0.15, -0.1) is 5.10 Å². The summed E-state index contributed by atoms with van der Waals surface area (Å²) in [6, 6.07) is 12.0. The molecule has 0 spiro atoms. The zero-order valence-corrected chi connectivity index (χ0v) is 13.8. The predicted molar refractivity (Wildman–Crippen MR) is 89.7 cm³/mol. The first-order chi connectivity index (χ1) is 12.3. The largest absolute Gasteiger partial charge is 0.416 e. The van der Waals surface area contributed by atoms with Gasteiger partial charge in [0.2, 0.25) is 5.95 Å². The molecule has 1 heterocycles. The molecule has 1 aromatic heterocycles. The number of anilines is 1. The molecular weight excluding hydrogens is 345 g/mol. The fourth-order valence-corrected chi connectivity index (χ4v) is 2.42. The maximum absolute atomic E-state index is 12.8. The minimum Gasteiger partial charge on any atom is -0.289 e. The zero-order chi connectivity index (χ0) is 18.7. The van der Waals surface area contributed by atoms with Gasteiger partial charge in [0.05, 0.1) is 12.1 Å². The highest BCUT2D eigenvalue weighted by atomic mass is 19.4. The van der Waals surface area contributed by atoms with Crippen molar-refractivity contribution in [3.05, 3.63) is 77.1 Å². The van der Waals surface area contributed by atoms with E-state index in [-0.39, 0.29) is 18.4 Å². The lowest BCUT2D eigenvalue weighted by atomic mass is 10.1. The summed E-state index contributed by atoms with van der Waals surface area (Å²) >= 11 is 0. The van der Waals surface area contributed by atoms with Gasteiger partial charge in [0, 0.05) is 5.56 Å². The Hall–Kier alpha value is -3.16. The Bertz CT molecular complexity index is 934. The van der Waals surface area contributed by atoms with E-state index >= 15 is 0 Å². The van der Waals surface area contributed by atoms with E-state index < -0.39 is 11.7 Å². The van der Waals surface area contributed by atoms with Crippen molar-refractivity contribution >= 4 is 11.9 Å². The van der Waals surface area contributed by atoms with E-state index in [0.717, 1.165) is 17.7 Å². The second-order valence-electron chi connectivity index (χ2n) is 5.79. The predicted octanol–water partition coefficient (Wildman–Crippen LogP) is 3.91. The van der Waals surface area contributed by atoms with E-state index in [2.05, 4.69) is 15.4 Å². The van der Waals surface area contributed by atoms with Crippen LogP contribution in [0.2, 0.25) is 0 Å². The fourth-order valence-electron chi connectivity index (χ4n) is 2.42. The average Bonchev–Trinajstić information content (AvgIpc) is 3.01. The third-order valence-electron chi connectivity index (χ3n) is 3.64. The molecular formula is C18H15F3N4O. The zero-order valence-electron chi connectivity index (χ0n) is 13.8. The van der Waals surface area contributed by atoms with Gasteiger partial charge in [-0.3, -0.25) is 10.1 Å². The van der Waals surface area contributed by atoms with Gasteiger partial charge in [0.25, 0.3) is 5.91 Å². The van der Waals surface area contributed by atoms with Crippen LogP contribution in [0.25, 0.3) is 0 Å². The Balaban J connectivity index is 1.70. The Morgan fingerprint density at radius 3 is 2.65 bits per heavy atom. The number of aromatic nitrogens is 3. The van der Waals surface area contributed by atoms with Gasteiger partial charge in [-0.1, -0.05) is 29.8 Å². The molecule has 0 saturated heterocycles. The van der Waals surface area contributed by atoms with Gasteiger partial charge >= 0.3 is 6.18 Å². The number of carbonyl (C=O) groups excluding carboxylic acids is 1. The van der Waals surface area contributed by atoms with Crippen molar-refractivity contribution in [2.45, 2.75) is 19.6 Å². The Morgan fingerprint density at radius 2 is 1.92 bits per heavy atom. The van der Waals surface area contributed by atoms with E-state index in [1.165, 1.54) is 17.1 Å². The number of nitrogens with zero attached hydrogens (tertiary/aromatic N) is 3. The molecule has 3 rings (SSSR count). The topological polar surface area (TPSA) is 59.8 Å². The van der Waals surface area contributed by atoms with Gasteiger partial charge in [0.15, 0.2) is 0 Å². The molecule has 26 heavy (non-hydrogen) atoms. The van der Waals surface area contributed by atoms with Crippen LogP contribution in [0.4, 0.5) is 19.1 Å². The molecule has 0 fully saturated rings. The van der Waals surface area contributed by atoms with Gasteiger partial charge in [-0.25, -0.2) is 9.67 Å². The van der Waals surface area contributed by atoms with Gasteiger partial charge in [-0.05, 0) is 36.8 Å². The minimum absolute atomic E-state index is 0.0866. The van der Waals surface area contributed by atoms with E-state index in [1.54, 1.807) is 24.3 Å². The quantitative estimate of drug-likeness (QED) is 0.768. The Morgan fingerprint density at radius 1 is 1.15 bits per heavy atom. The van der Waals surface area contributed by atoms with Crippen molar-refractivity contribution < 1.29 is 18.0 Å². The molecule has 0 atom stereocenters. The Kier molecular flexibility index (Phi) is 4.75. The molecule has 2 aromatic carbocycles. The first-order valence-corrected chi connectivity index (χ1v) is 7.75. The first kappa shape index (κ1) is 17.7. The number of benzene rings is 2. The molecule has 3 aromatic rings. The van der Waals surface area contributed by atoms with Crippen molar-refractivity contribution in [1.82, 2.24) is 14.8 Å². The summed E-state index contributed by atoms with van der Waals surface area (Å²) in [6.07, 6.45) is -3.04. The van der Waals surface area contributed by atoms with Gasteiger partial charge in [0.1, 0.15) is 6.33 Å². The third kappa shape index (κ3) is 4.27. The molecule has 5 nitrogen and oxygen atoms in total. The highest BCUT2D eigenvalue weighted by Crippen LogP contribution is 2.29. The van der Waals surface area contributed by atoms with Crippen LogP contribution in [-0.4, -0.2) is 20.7 Å². The number of nitrogens with one attached hydrogen (secondary N) is 1. The van der Waals surface area contributed by atoms with E-state index in [0.29, 0.717) is 11.1 Å². The molecule has 0 aliphatic carbocycles. The molecule has 0 unspecified atom stereocenters. The van der Waals surface area contributed by atoms with Crippen LogP contribution in [0.3, 0.4) is 0 Å². The van der Waals surface area contributed by atoms with Gasteiger partial charge < -0.3 is 0 Å². The number of amides is 1. The summed E-state index contributed by atoms with van der Waals surface area (Å²) in [5.74, 6) is -0.269. The standard InChI is InChI=1S/C18H15F3N4O/c1-12-4-2-6-14(8-12)16(26)23-17-22-11-25(24-17)10-13-5-3-7-15(9-13)18(19,20)21/h2-9,11H,10H2,1H3,(H,23,24,26). The number of rotatable bonds is 4. The number of hydrogen-bond acceptors (Lipinski definition) is 3. The van der Waals surface area contributed by atoms with Crippen LogP contribution in [0.15, 0.2) is 54.9 Å². The molecule has 0 aliphatic heterocycles. The summed E-state index contributed by atoms with van der Waals surface area (Å²) in [5, 5.41) is 6.64. The van der Waals surface area contributed by atoms with Crippen molar-refractivity contribution in [3.8, 4) is 0 Å². The summed E-state index contributed by atoms with van der Waals surface area (Å²) in [4.78, 5) is 16.1. The number of hydrogen-bond donors (Lipinski definition) is 1. The summed E-state index contributed by atoms with van der Waals surface area (Å²) in [6.45, 7) is 1.98. The summed E-state index contributed by atoms with van der Waals surface area (Å²) in [5.41, 5.74) is 1.13. The fraction of sp³-hybridized carbons (Fsp3) is 0.167. The molecule has 0 saturated carbocycles. The lowest BCUT2D eigenvalue weighted by Gasteiger charge is -2.08. The lowest BCUT2D eigenvalue weighted by Crippen LogP contribution is -2.13. The van der Waals surface area contributed by atoms with E-state index in [1.807, 2.05) is 13.0 Å². The molecule has 0 radical (unpaired) electrons. The molecule has 8 heteroatoms. The first-order valence-electron chi connectivity index (χ1n) is 7.75. The highest BCUT2D eigenvalue weighted by molar-refractivity contribution is 6.03. The van der Waals surface area contributed by atoms with Crippen LogP contribution in [0.5, 0.6) is 0 Å². The molecule has 134 valence electrons. The number of halogens is 3. The summed E-state index contributed by atoms with van der Waals surface area (Å²) in [7, 11) is 0. The van der Waals surface area contributed by atoms with Crippen molar-refractivity contribution in [2.75, 3.05) is 5.32 Å². The second-order valence-corrected chi connectivity index (χ2v) is 5.79. The monoisotopic (exact) mass is 360 g/mol. The van der Waals surface area contributed by atoms with E-state index in [4.69, 9.17) is 0 Å². The summed E-state index contributed by atoms with van der Waals surface area (Å²) < 4.78 is 39.6. The van der Waals surface area contributed by atoms with Crippen LogP contribution in [0, 0.1) is 6.92 Å². The highest BCUT2D eigenvalue weighted by Gasteiger charge is 2.30. The van der Waals surface area contributed by atoms with Crippen LogP contribution in [-0.2, 0) is 12.7 Å². The van der Waals surface area contributed by atoms with E-state index in [9.17, 15) is 18.0 Å². The second kappa shape index (κ2) is 6.99.